The van der Waals surface area contributed by atoms with E-state index in [1.807, 2.05) is 0 Å². The van der Waals surface area contributed by atoms with Crippen molar-refractivity contribution in [2.24, 2.45) is 0 Å². The molecule has 0 radical (unpaired) electrons. The van der Waals surface area contributed by atoms with E-state index in [0.29, 0.717) is 6.42 Å². The molecule has 4 N–H and O–H groups in total. The lowest BCUT2D eigenvalue weighted by atomic mass is 9.89. The number of carboxylic acid groups (broad SMARTS) is 1. The lowest BCUT2D eigenvalue weighted by molar-refractivity contribution is -0.143. The van der Waals surface area contributed by atoms with Crippen molar-refractivity contribution in [1.29, 1.82) is 0 Å². The third-order valence-corrected chi connectivity index (χ3v) is 3.14. The van der Waals surface area contributed by atoms with Crippen LogP contribution in [-0.2, 0) is 9.59 Å². The van der Waals surface area contributed by atoms with Crippen molar-refractivity contribution in [2.75, 3.05) is 13.2 Å². The molecule has 0 spiro atoms. The Labute approximate surface area is 100 Å². The highest BCUT2D eigenvalue weighted by Crippen LogP contribution is 2.19. The predicted octanol–water partition coefficient (Wildman–Crippen LogP) is -0.530. The Balaban J connectivity index is 2.59. The second-order valence-electron chi connectivity index (χ2n) is 4.59. The van der Waals surface area contributed by atoms with Gasteiger partial charge < -0.3 is 20.8 Å². The molecule has 0 saturated carbocycles. The van der Waals surface area contributed by atoms with Crippen LogP contribution in [0.4, 0.5) is 0 Å². The van der Waals surface area contributed by atoms with Crippen molar-refractivity contribution in [3.05, 3.63) is 0 Å². The van der Waals surface area contributed by atoms with Crippen LogP contribution < -0.4 is 10.6 Å². The highest BCUT2D eigenvalue weighted by atomic mass is 16.4. The molecule has 1 saturated heterocycles. The van der Waals surface area contributed by atoms with E-state index in [4.69, 9.17) is 10.2 Å². The van der Waals surface area contributed by atoms with Crippen molar-refractivity contribution in [2.45, 2.75) is 44.2 Å². The highest BCUT2D eigenvalue weighted by molar-refractivity contribution is 5.89. The molecule has 2 unspecified atom stereocenters. The maximum Gasteiger partial charge on any atom is 0.326 e. The van der Waals surface area contributed by atoms with E-state index in [2.05, 4.69) is 10.6 Å². The Kier molecular flexibility index (Phi) is 4.89. The van der Waals surface area contributed by atoms with Crippen LogP contribution in [0.1, 0.15) is 32.6 Å². The Hall–Kier alpha value is -1.14. The third-order valence-electron chi connectivity index (χ3n) is 3.14. The summed E-state index contributed by atoms with van der Waals surface area (Å²) in [5, 5.41) is 23.2. The predicted molar refractivity (Wildman–Crippen MR) is 61.5 cm³/mol. The molecule has 1 heterocycles. The molecule has 1 aliphatic rings. The van der Waals surface area contributed by atoms with Gasteiger partial charge in [-0.05, 0) is 32.7 Å². The van der Waals surface area contributed by atoms with E-state index in [1.165, 1.54) is 0 Å². The normalized spacial score (nSPS) is 26.2. The number of carboxylic acids is 1. The number of carbonyl (C=O) groups excluding carboxylic acids is 1. The van der Waals surface area contributed by atoms with Crippen LogP contribution in [-0.4, -0.2) is 46.8 Å². The molecule has 0 bridgehead atoms. The van der Waals surface area contributed by atoms with Gasteiger partial charge in [-0.1, -0.05) is 0 Å². The molecule has 1 rings (SSSR count). The number of nitrogens with one attached hydrogen (secondary N) is 2. The van der Waals surface area contributed by atoms with Crippen LogP contribution in [0.15, 0.2) is 0 Å². The summed E-state index contributed by atoms with van der Waals surface area (Å²) in [5.74, 6) is -1.43. The largest absolute Gasteiger partial charge is 0.480 e. The van der Waals surface area contributed by atoms with Gasteiger partial charge in [-0.3, -0.25) is 4.79 Å². The summed E-state index contributed by atoms with van der Waals surface area (Å²) in [5.41, 5.74) is -0.693. The zero-order chi connectivity index (χ0) is 12.9. The minimum absolute atomic E-state index is 0.0250. The van der Waals surface area contributed by atoms with Crippen molar-refractivity contribution in [3.8, 4) is 0 Å². The van der Waals surface area contributed by atoms with Gasteiger partial charge in [-0.25, -0.2) is 4.79 Å². The van der Waals surface area contributed by atoms with Crippen LogP contribution in [0.3, 0.4) is 0 Å². The molecule has 0 aromatic carbocycles. The topological polar surface area (TPSA) is 98.7 Å². The molecule has 0 aromatic heterocycles. The fourth-order valence-corrected chi connectivity index (χ4v) is 1.95. The zero-order valence-electron chi connectivity index (χ0n) is 10.0. The van der Waals surface area contributed by atoms with Crippen molar-refractivity contribution >= 4 is 11.9 Å². The molecule has 2 atom stereocenters. The van der Waals surface area contributed by atoms with E-state index in [1.54, 1.807) is 6.92 Å². The molecule has 0 aromatic rings. The lowest BCUT2D eigenvalue weighted by Gasteiger charge is -2.34. The summed E-state index contributed by atoms with van der Waals surface area (Å²) < 4.78 is 0. The number of amides is 1. The molecule has 1 aliphatic heterocycles. The van der Waals surface area contributed by atoms with Gasteiger partial charge >= 0.3 is 5.97 Å². The Morgan fingerprint density at radius 2 is 2.18 bits per heavy atom. The second kappa shape index (κ2) is 5.97. The lowest BCUT2D eigenvalue weighted by Crippen LogP contribution is -2.59. The molecule has 98 valence electrons. The third kappa shape index (κ3) is 3.67. The number of carbonyl (C=O) groups is 2. The number of aliphatic carboxylic acids is 1. The summed E-state index contributed by atoms with van der Waals surface area (Å²) in [6.45, 7) is 2.28. The molecule has 0 aliphatic carbocycles. The number of hydrogen-bond acceptors (Lipinski definition) is 4. The summed E-state index contributed by atoms with van der Waals surface area (Å²) >= 11 is 0. The van der Waals surface area contributed by atoms with Crippen LogP contribution >= 0.6 is 0 Å². The first-order valence-electron chi connectivity index (χ1n) is 5.89. The van der Waals surface area contributed by atoms with E-state index in [-0.39, 0.29) is 18.9 Å². The summed E-state index contributed by atoms with van der Waals surface area (Å²) in [6, 6.07) is -1.02. The van der Waals surface area contributed by atoms with Gasteiger partial charge in [0, 0.05) is 13.0 Å². The van der Waals surface area contributed by atoms with Crippen LogP contribution in [0, 0.1) is 0 Å². The number of aliphatic hydroxyl groups is 1. The fraction of sp³-hybridized carbons (Fsp3) is 0.818. The monoisotopic (exact) mass is 244 g/mol. The van der Waals surface area contributed by atoms with Gasteiger partial charge in [-0.15, -0.1) is 0 Å². The first kappa shape index (κ1) is 13.9. The second-order valence-corrected chi connectivity index (χ2v) is 4.59. The SMILES string of the molecule is CC1(C(=O)NC(CCO)C(=O)O)CCCCN1. The van der Waals surface area contributed by atoms with Gasteiger partial charge in [0.15, 0.2) is 0 Å². The molecular weight excluding hydrogens is 224 g/mol. The quantitative estimate of drug-likeness (QED) is 0.521. The first-order chi connectivity index (χ1) is 7.99. The summed E-state index contributed by atoms with van der Waals surface area (Å²) in [7, 11) is 0. The Morgan fingerprint density at radius 1 is 1.47 bits per heavy atom. The number of aliphatic hydroxyl groups excluding tert-OH is 1. The standard InChI is InChI=1S/C11H20N2O4/c1-11(5-2-3-6-12-11)10(17)13-8(4-7-14)9(15)16/h8,12,14H,2-7H2,1H3,(H,13,17)(H,15,16). The number of piperidine rings is 1. The zero-order valence-corrected chi connectivity index (χ0v) is 10.0. The van der Waals surface area contributed by atoms with E-state index >= 15 is 0 Å². The van der Waals surface area contributed by atoms with E-state index in [0.717, 1.165) is 19.4 Å². The van der Waals surface area contributed by atoms with Gasteiger partial charge in [0.1, 0.15) is 6.04 Å². The maximum absolute atomic E-state index is 12.0. The molecule has 6 heteroatoms. The maximum atomic E-state index is 12.0. The Morgan fingerprint density at radius 3 is 2.65 bits per heavy atom. The average Bonchev–Trinajstić information content (AvgIpc) is 2.29. The molecule has 1 amide bonds. The number of hydrogen-bond donors (Lipinski definition) is 4. The average molecular weight is 244 g/mol. The highest BCUT2D eigenvalue weighted by Gasteiger charge is 2.36. The minimum Gasteiger partial charge on any atom is -0.480 e. The minimum atomic E-state index is -1.12. The van der Waals surface area contributed by atoms with E-state index in [9.17, 15) is 9.59 Å². The van der Waals surface area contributed by atoms with E-state index < -0.39 is 17.6 Å². The first-order valence-corrected chi connectivity index (χ1v) is 5.89. The van der Waals surface area contributed by atoms with Crippen LogP contribution in [0.5, 0.6) is 0 Å². The fourth-order valence-electron chi connectivity index (χ4n) is 1.95. The van der Waals surface area contributed by atoms with Gasteiger partial charge in [0.05, 0.1) is 5.54 Å². The van der Waals surface area contributed by atoms with Crippen LogP contribution in [0.25, 0.3) is 0 Å². The van der Waals surface area contributed by atoms with Gasteiger partial charge in [0.25, 0.3) is 0 Å². The van der Waals surface area contributed by atoms with Crippen LogP contribution in [0.2, 0.25) is 0 Å². The molecule has 6 nitrogen and oxygen atoms in total. The molecule has 1 fully saturated rings. The van der Waals surface area contributed by atoms with Crippen molar-refractivity contribution < 1.29 is 19.8 Å². The Bertz CT molecular complexity index is 287. The summed E-state index contributed by atoms with van der Waals surface area (Å²) in [4.78, 5) is 22.9. The van der Waals surface area contributed by atoms with Gasteiger partial charge in [-0.2, -0.15) is 0 Å². The van der Waals surface area contributed by atoms with Crippen molar-refractivity contribution in [3.63, 3.8) is 0 Å². The van der Waals surface area contributed by atoms with Crippen molar-refractivity contribution in [1.82, 2.24) is 10.6 Å². The number of rotatable bonds is 5. The summed E-state index contributed by atoms with van der Waals surface area (Å²) in [6.07, 6.45) is 2.71. The molecule has 17 heavy (non-hydrogen) atoms. The molecular formula is C11H20N2O4. The smallest absolute Gasteiger partial charge is 0.326 e. The van der Waals surface area contributed by atoms with Gasteiger partial charge in [0.2, 0.25) is 5.91 Å².